The molecule has 1 aliphatic rings. The Bertz CT molecular complexity index is 1600. The molecule has 0 N–H and O–H groups in total. The Morgan fingerprint density at radius 3 is 2.09 bits per heavy atom. The molecule has 0 aliphatic carbocycles. The predicted molar refractivity (Wildman–Crippen MR) is 155 cm³/mol. The number of fused-ring (bicyclic) bond motifs is 3. The van der Waals surface area contributed by atoms with Crippen LogP contribution < -0.4 is 9.70 Å². The summed E-state index contributed by atoms with van der Waals surface area (Å²) in [6, 6.07) is 10.9. The van der Waals surface area contributed by atoms with E-state index in [0.29, 0.717) is 22.6 Å². The van der Waals surface area contributed by atoms with Crippen LogP contribution in [0, 0.1) is 13.8 Å². The average molecular weight is 489 g/mol. The van der Waals surface area contributed by atoms with Crippen LogP contribution >= 0.6 is 0 Å². The van der Waals surface area contributed by atoms with Crippen LogP contribution in [0.25, 0.3) is 27.2 Å². The summed E-state index contributed by atoms with van der Waals surface area (Å²) in [4.78, 5) is 0. The minimum Gasteiger partial charge on any atom is -0.149 e. The highest BCUT2D eigenvalue weighted by molar-refractivity contribution is 6.98. The van der Waals surface area contributed by atoms with E-state index >= 15 is 0 Å². The summed E-state index contributed by atoms with van der Waals surface area (Å²) >= 11 is 0. The molecule has 0 amide bonds. The van der Waals surface area contributed by atoms with Crippen LogP contribution in [-0.2, 0) is 5.04 Å². The first kappa shape index (κ1) is 21.0. The lowest BCUT2D eigenvalue weighted by atomic mass is 9.88. The molecule has 0 fully saturated rings. The molecule has 0 bridgehead atoms. The quantitative estimate of drug-likeness (QED) is 0.156. The summed E-state index contributed by atoms with van der Waals surface area (Å²) in [5, 5.41) is 4.63. The highest BCUT2D eigenvalue weighted by atomic mass is 28.3. The van der Waals surface area contributed by atoms with Crippen molar-refractivity contribution in [1.82, 2.24) is 4.68 Å². The lowest BCUT2D eigenvalue weighted by molar-refractivity contribution is -0.586. The maximum Gasteiger partial charge on any atom is 0.247 e. The van der Waals surface area contributed by atoms with Gasteiger partial charge < -0.3 is 0 Å². The Balaban J connectivity index is 2.30. The van der Waals surface area contributed by atoms with Gasteiger partial charge in [-0.3, -0.25) is 0 Å². The monoisotopic (exact) mass is 488 g/mol. The van der Waals surface area contributed by atoms with Crippen LogP contribution in [-0.4, -0.2) is 12.8 Å². The number of rotatable bonds is 4. The number of hydrogen-bond donors (Lipinski definition) is 0. The Kier molecular flexibility index (Phi) is 4.61. The second kappa shape index (κ2) is 7.68. The van der Waals surface area contributed by atoms with E-state index in [1.807, 2.05) is 6.07 Å². The van der Waals surface area contributed by atoms with Gasteiger partial charge in [-0.2, -0.15) is 0 Å². The highest BCUT2D eigenvalue weighted by Gasteiger charge is 2.61. The second-order valence-electron chi connectivity index (χ2n) is 12.7. The Hall–Kier alpha value is -2.13. The number of nitrogens with zero attached hydrogens (tertiary/aromatic N) is 2. The minimum absolute atomic E-state index is 0.0708. The van der Waals surface area contributed by atoms with Gasteiger partial charge in [0.05, 0.1) is 22.5 Å². The molecule has 1 aliphatic heterocycles. The zero-order valence-electron chi connectivity index (χ0n) is 26.6. The molecule has 2 nitrogen and oxygen atoms in total. The Morgan fingerprint density at radius 2 is 1.54 bits per heavy atom. The molecule has 0 saturated carbocycles. The van der Waals surface area contributed by atoms with E-state index in [1.54, 1.807) is 5.19 Å². The van der Waals surface area contributed by atoms with E-state index in [4.69, 9.17) is 4.11 Å². The molecule has 0 radical (unpaired) electrons. The summed E-state index contributed by atoms with van der Waals surface area (Å²) < 4.78 is 30.8. The Labute approximate surface area is 217 Å². The zero-order chi connectivity index (χ0) is 28.3. The molecule has 0 saturated heterocycles. The van der Waals surface area contributed by atoms with Crippen molar-refractivity contribution < 1.29 is 8.63 Å². The van der Waals surface area contributed by atoms with Crippen molar-refractivity contribution in [2.24, 2.45) is 0 Å². The van der Waals surface area contributed by atoms with Gasteiger partial charge in [-0.15, -0.1) is 4.68 Å². The number of para-hydroxylation sites is 1. The van der Waals surface area contributed by atoms with Crippen molar-refractivity contribution in [1.29, 1.82) is 0 Å². The van der Waals surface area contributed by atoms with Crippen LogP contribution in [0.3, 0.4) is 0 Å². The molecule has 3 heteroatoms. The third-order valence-corrected chi connectivity index (χ3v) is 16.8. The lowest BCUT2D eigenvalue weighted by Gasteiger charge is -2.53. The van der Waals surface area contributed by atoms with E-state index in [-0.39, 0.29) is 11.1 Å². The molecule has 0 atom stereocenters. The maximum absolute atomic E-state index is 8.58. The van der Waals surface area contributed by atoms with Gasteiger partial charge in [0.2, 0.25) is 11.0 Å². The van der Waals surface area contributed by atoms with E-state index in [1.165, 1.54) is 33.2 Å². The summed E-state index contributed by atoms with van der Waals surface area (Å²) in [6.07, 6.45) is 0. The SMILES string of the molecule is [2H]C([2H])([2H])c1ccc2c3c1c1cccc(C(C)C)c1[n+]1c3c(c(C)n1C(C)C)[Si](C(C)C)(C(C)C)C2(C)C. The molecule has 5 rings (SSSR count). The van der Waals surface area contributed by atoms with Crippen LogP contribution in [0.15, 0.2) is 30.3 Å². The summed E-state index contributed by atoms with van der Waals surface area (Å²) in [5.74, 6) is 0.307. The van der Waals surface area contributed by atoms with Gasteiger partial charge in [-0.25, -0.2) is 0 Å². The fourth-order valence-electron chi connectivity index (χ4n) is 8.55. The van der Waals surface area contributed by atoms with Crippen LogP contribution in [0.5, 0.6) is 0 Å². The summed E-state index contributed by atoms with van der Waals surface area (Å²) in [5.41, 5.74) is 7.93. The van der Waals surface area contributed by atoms with Gasteiger partial charge in [-0.1, -0.05) is 84.2 Å². The zero-order valence-corrected chi connectivity index (χ0v) is 24.6. The van der Waals surface area contributed by atoms with Gasteiger partial charge in [0.25, 0.3) is 0 Å². The maximum atomic E-state index is 8.58. The summed E-state index contributed by atoms with van der Waals surface area (Å²) in [7, 11) is -2.24. The second-order valence-corrected chi connectivity index (χ2v) is 18.5. The fourth-order valence-corrected chi connectivity index (χ4v) is 16.5. The van der Waals surface area contributed by atoms with Crippen molar-refractivity contribution in [3.63, 3.8) is 0 Å². The first-order valence-electron chi connectivity index (χ1n) is 15.0. The van der Waals surface area contributed by atoms with Crippen molar-refractivity contribution in [3.8, 4) is 0 Å². The van der Waals surface area contributed by atoms with Gasteiger partial charge >= 0.3 is 0 Å². The standard InChI is InChI=1S/C32H45N2Si/c1-18(2)24-14-13-15-25-27-22(9)16-17-26-28(27)30-31(23(10)33(19(3)4)34(30)29(24)25)35(20(5)6,21(7)8)32(26,11)12/h13-21H,1-12H3/q+1/i9D3. The average Bonchev–Trinajstić information content (AvgIpc) is 3.10. The van der Waals surface area contributed by atoms with Gasteiger partial charge in [0, 0.05) is 20.2 Å². The fraction of sp³-hybridized carbons (Fsp3) is 0.531. The van der Waals surface area contributed by atoms with Gasteiger partial charge in [0.15, 0.2) is 0 Å². The number of benzene rings is 2. The minimum atomic E-state index is -2.24. The molecule has 2 aromatic heterocycles. The molecule has 186 valence electrons. The molecular formula is C32H45N2Si+. The smallest absolute Gasteiger partial charge is 0.149 e. The molecule has 3 heterocycles. The van der Waals surface area contributed by atoms with Crippen LogP contribution in [0.2, 0.25) is 11.1 Å². The van der Waals surface area contributed by atoms with Crippen molar-refractivity contribution in [2.45, 2.75) is 111 Å². The van der Waals surface area contributed by atoms with E-state index < -0.39 is 14.9 Å². The number of pyridine rings is 1. The normalized spacial score (nSPS) is 18.5. The highest BCUT2D eigenvalue weighted by Crippen LogP contribution is 2.53. The first-order valence-corrected chi connectivity index (χ1v) is 15.7. The molecule has 35 heavy (non-hydrogen) atoms. The van der Waals surface area contributed by atoms with Crippen molar-refractivity contribution in [2.75, 3.05) is 0 Å². The van der Waals surface area contributed by atoms with Gasteiger partial charge in [-0.05, 0) is 66.9 Å². The Morgan fingerprint density at radius 1 is 0.886 bits per heavy atom. The van der Waals surface area contributed by atoms with Crippen LogP contribution in [0.1, 0.15) is 108 Å². The first-order chi connectivity index (χ1) is 17.5. The predicted octanol–water partition coefficient (Wildman–Crippen LogP) is 8.16. The van der Waals surface area contributed by atoms with E-state index in [2.05, 4.69) is 110 Å². The third kappa shape index (κ3) is 2.74. The third-order valence-electron chi connectivity index (χ3n) is 9.41. The van der Waals surface area contributed by atoms with Crippen molar-refractivity contribution >= 4 is 40.5 Å². The van der Waals surface area contributed by atoms with Crippen LogP contribution in [0.4, 0.5) is 0 Å². The van der Waals surface area contributed by atoms with Crippen molar-refractivity contribution in [3.05, 3.63) is 52.7 Å². The molecular weight excluding hydrogens is 440 g/mol. The largest absolute Gasteiger partial charge is 0.247 e. The topological polar surface area (TPSA) is 9.03 Å². The summed E-state index contributed by atoms with van der Waals surface area (Å²) in [6.45, 7) is 23.9. The lowest BCUT2D eigenvalue weighted by Crippen LogP contribution is -2.68. The molecule has 4 aromatic rings. The molecule has 2 aromatic carbocycles. The number of aryl methyl sites for hydroxylation is 1. The number of hydrogen-bond acceptors (Lipinski definition) is 0. The van der Waals surface area contributed by atoms with Gasteiger partial charge in [0.1, 0.15) is 8.07 Å². The van der Waals surface area contributed by atoms with E-state index in [0.717, 1.165) is 10.8 Å². The molecule has 0 unspecified atom stereocenters. The number of aromatic nitrogens is 2. The molecule has 0 spiro atoms. The van der Waals surface area contributed by atoms with E-state index in [9.17, 15) is 0 Å².